The van der Waals surface area contributed by atoms with Crippen molar-refractivity contribution in [3.05, 3.63) is 80.2 Å². The largest absolute Gasteiger partial charge is 0.298 e. The van der Waals surface area contributed by atoms with Crippen LogP contribution in [0.2, 0.25) is 0 Å². The quantitative estimate of drug-likeness (QED) is 0.650. The second-order valence-electron chi connectivity index (χ2n) is 5.27. The van der Waals surface area contributed by atoms with Gasteiger partial charge in [0.15, 0.2) is 0 Å². The molecule has 3 aromatic rings. The second kappa shape index (κ2) is 6.56. The van der Waals surface area contributed by atoms with Crippen molar-refractivity contribution in [1.82, 2.24) is 5.32 Å². The highest BCUT2D eigenvalue weighted by atomic mass is 32.1. The van der Waals surface area contributed by atoms with Gasteiger partial charge in [0.2, 0.25) is 0 Å². The predicted octanol–water partition coefficient (Wildman–Crippen LogP) is 5.56. The molecule has 1 aromatic carbocycles. The lowest BCUT2D eigenvalue weighted by Gasteiger charge is -2.22. The van der Waals surface area contributed by atoms with E-state index in [0.29, 0.717) is 6.04 Å². The highest BCUT2D eigenvalue weighted by molar-refractivity contribution is 7.11. The van der Waals surface area contributed by atoms with Crippen molar-refractivity contribution < 1.29 is 0 Å². The number of hydrogen-bond acceptors (Lipinski definition) is 3. The summed E-state index contributed by atoms with van der Waals surface area (Å²) in [4.78, 5) is 2.74. The summed E-state index contributed by atoms with van der Waals surface area (Å²) in [5, 5.41) is 8.08. The van der Waals surface area contributed by atoms with Gasteiger partial charge in [0.1, 0.15) is 0 Å². The van der Waals surface area contributed by atoms with E-state index in [0.717, 1.165) is 0 Å². The Kier molecular flexibility index (Phi) is 4.54. The van der Waals surface area contributed by atoms with Crippen LogP contribution in [0.1, 0.15) is 39.9 Å². The van der Waals surface area contributed by atoms with E-state index in [1.54, 1.807) is 0 Å². The molecule has 1 N–H and O–H groups in total. The fourth-order valence-electron chi connectivity index (χ4n) is 2.50. The Morgan fingerprint density at radius 3 is 2.10 bits per heavy atom. The van der Waals surface area contributed by atoms with Gasteiger partial charge in [-0.05, 0) is 42.3 Å². The molecule has 0 saturated heterocycles. The van der Waals surface area contributed by atoms with Gasteiger partial charge in [0, 0.05) is 15.8 Å². The van der Waals surface area contributed by atoms with Gasteiger partial charge in [-0.3, -0.25) is 5.32 Å². The average molecular weight is 313 g/mol. The van der Waals surface area contributed by atoms with E-state index in [2.05, 4.69) is 78.5 Å². The van der Waals surface area contributed by atoms with Crippen molar-refractivity contribution >= 4 is 22.7 Å². The standard InChI is InChI=1S/C18H19NS2/c1-13-6-3-7-15(12-13)14(2)19-18(16-8-4-10-20-16)17-9-5-11-21-17/h3-12,14,18-19H,1-2H3/t14-/m0/s1. The maximum atomic E-state index is 3.79. The Morgan fingerprint density at radius 2 is 1.57 bits per heavy atom. The second-order valence-corrected chi connectivity index (χ2v) is 7.22. The molecular weight excluding hydrogens is 294 g/mol. The molecule has 0 unspecified atom stereocenters. The fraction of sp³-hybridized carbons (Fsp3) is 0.222. The number of aryl methyl sites for hydroxylation is 1. The van der Waals surface area contributed by atoms with E-state index in [1.807, 2.05) is 22.7 Å². The molecule has 3 rings (SSSR count). The van der Waals surface area contributed by atoms with Gasteiger partial charge >= 0.3 is 0 Å². The lowest BCUT2D eigenvalue weighted by molar-refractivity contribution is 0.526. The van der Waals surface area contributed by atoms with E-state index >= 15 is 0 Å². The van der Waals surface area contributed by atoms with E-state index in [4.69, 9.17) is 0 Å². The summed E-state index contributed by atoms with van der Waals surface area (Å²) < 4.78 is 0. The van der Waals surface area contributed by atoms with Crippen LogP contribution in [0.4, 0.5) is 0 Å². The van der Waals surface area contributed by atoms with Crippen LogP contribution >= 0.6 is 22.7 Å². The third-order valence-electron chi connectivity index (χ3n) is 3.61. The number of benzene rings is 1. The van der Waals surface area contributed by atoms with Crippen LogP contribution in [0, 0.1) is 6.92 Å². The van der Waals surface area contributed by atoms with Gasteiger partial charge < -0.3 is 0 Å². The van der Waals surface area contributed by atoms with E-state index < -0.39 is 0 Å². The molecule has 0 radical (unpaired) electrons. The molecule has 0 aliphatic carbocycles. The number of rotatable bonds is 5. The summed E-state index contributed by atoms with van der Waals surface area (Å²) in [7, 11) is 0. The molecule has 0 saturated carbocycles. The zero-order chi connectivity index (χ0) is 14.7. The zero-order valence-electron chi connectivity index (χ0n) is 12.2. The van der Waals surface area contributed by atoms with Gasteiger partial charge in [0.25, 0.3) is 0 Å². The highest BCUT2D eigenvalue weighted by Crippen LogP contribution is 2.31. The number of nitrogens with one attached hydrogen (secondary N) is 1. The highest BCUT2D eigenvalue weighted by Gasteiger charge is 2.19. The Bertz CT molecular complexity index is 637. The molecule has 2 aromatic heterocycles. The fourth-order valence-corrected chi connectivity index (χ4v) is 4.18. The first-order valence-electron chi connectivity index (χ1n) is 7.13. The number of hydrogen-bond donors (Lipinski definition) is 1. The molecule has 0 aliphatic heterocycles. The molecule has 0 fully saturated rings. The SMILES string of the molecule is Cc1cccc([C@H](C)NC(c2cccs2)c2cccs2)c1. The minimum absolute atomic E-state index is 0.278. The van der Waals surface area contributed by atoms with E-state index in [1.165, 1.54) is 20.9 Å². The lowest BCUT2D eigenvalue weighted by Crippen LogP contribution is -2.24. The van der Waals surface area contributed by atoms with Crippen LogP contribution in [-0.4, -0.2) is 0 Å². The smallest absolute Gasteiger partial charge is 0.0769 e. The third kappa shape index (κ3) is 3.43. The van der Waals surface area contributed by atoms with Gasteiger partial charge in [-0.15, -0.1) is 22.7 Å². The average Bonchev–Trinajstić information content (AvgIpc) is 3.18. The molecule has 0 bridgehead atoms. The van der Waals surface area contributed by atoms with Crippen LogP contribution in [0.5, 0.6) is 0 Å². The Balaban J connectivity index is 1.85. The molecule has 1 nitrogen and oxygen atoms in total. The summed E-state index contributed by atoms with van der Waals surface area (Å²) in [6.45, 7) is 4.38. The Labute approximate surface area is 134 Å². The first-order valence-corrected chi connectivity index (χ1v) is 8.89. The van der Waals surface area contributed by atoms with Crippen molar-refractivity contribution in [1.29, 1.82) is 0 Å². The number of thiophene rings is 2. The summed E-state index contributed by atoms with van der Waals surface area (Å²) in [6.07, 6.45) is 0. The maximum Gasteiger partial charge on any atom is 0.0769 e. The summed E-state index contributed by atoms with van der Waals surface area (Å²) in [5.41, 5.74) is 2.65. The van der Waals surface area contributed by atoms with Crippen molar-refractivity contribution in [3.8, 4) is 0 Å². The molecular formula is C18H19NS2. The summed E-state index contributed by atoms with van der Waals surface area (Å²) in [5.74, 6) is 0. The van der Waals surface area contributed by atoms with Gasteiger partial charge in [-0.1, -0.05) is 42.0 Å². The van der Waals surface area contributed by atoms with Gasteiger partial charge in [-0.2, -0.15) is 0 Å². The minimum atomic E-state index is 0.278. The molecule has 21 heavy (non-hydrogen) atoms. The molecule has 0 spiro atoms. The van der Waals surface area contributed by atoms with E-state index in [9.17, 15) is 0 Å². The maximum absolute atomic E-state index is 3.79. The molecule has 0 aliphatic rings. The third-order valence-corrected chi connectivity index (χ3v) is 5.49. The predicted molar refractivity (Wildman–Crippen MR) is 93.2 cm³/mol. The minimum Gasteiger partial charge on any atom is -0.298 e. The summed E-state index contributed by atoms with van der Waals surface area (Å²) in [6, 6.07) is 18.0. The van der Waals surface area contributed by atoms with Crippen molar-refractivity contribution in [2.24, 2.45) is 0 Å². The van der Waals surface area contributed by atoms with Gasteiger partial charge in [-0.25, -0.2) is 0 Å². The molecule has 108 valence electrons. The zero-order valence-corrected chi connectivity index (χ0v) is 13.9. The molecule has 2 heterocycles. The topological polar surface area (TPSA) is 12.0 Å². The van der Waals surface area contributed by atoms with Crippen molar-refractivity contribution in [2.75, 3.05) is 0 Å². The Hall–Kier alpha value is -1.42. The molecule has 3 heteroatoms. The van der Waals surface area contributed by atoms with Crippen LogP contribution in [0.15, 0.2) is 59.3 Å². The molecule has 0 amide bonds. The first kappa shape index (κ1) is 14.5. The first-order chi connectivity index (χ1) is 10.2. The lowest BCUT2D eigenvalue weighted by atomic mass is 10.0. The van der Waals surface area contributed by atoms with Crippen LogP contribution in [0.25, 0.3) is 0 Å². The van der Waals surface area contributed by atoms with Gasteiger partial charge in [0.05, 0.1) is 6.04 Å². The summed E-state index contributed by atoms with van der Waals surface area (Å²) >= 11 is 3.63. The van der Waals surface area contributed by atoms with Crippen LogP contribution < -0.4 is 5.32 Å². The monoisotopic (exact) mass is 313 g/mol. The normalized spacial score (nSPS) is 12.7. The molecule has 1 atom stereocenters. The van der Waals surface area contributed by atoms with Crippen LogP contribution in [-0.2, 0) is 0 Å². The van der Waals surface area contributed by atoms with Crippen molar-refractivity contribution in [2.45, 2.75) is 25.9 Å². The van der Waals surface area contributed by atoms with Crippen LogP contribution in [0.3, 0.4) is 0 Å². The van der Waals surface area contributed by atoms with Crippen molar-refractivity contribution in [3.63, 3.8) is 0 Å². The Morgan fingerprint density at radius 1 is 0.905 bits per heavy atom. The van der Waals surface area contributed by atoms with E-state index in [-0.39, 0.29) is 6.04 Å².